The van der Waals surface area contributed by atoms with Gasteiger partial charge in [-0.2, -0.15) is 0 Å². The van der Waals surface area contributed by atoms with Crippen LogP contribution in [0.3, 0.4) is 0 Å². The molecule has 0 aromatic heterocycles. The van der Waals surface area contributed by atoms with E-state index < -0.39 is 6.09 Å². The summed E-state index contributed by atoms with van der Waals surface area (Å²) in [5, 5.41) is 2.49. The third-order valence-corrected chi connectivity index (χ3v) is 2.15. The van der Waals surface area contributed by atoms with Crippen molar-refractivity contribution in [3.8, 4) is 11.5 Å². The quantitative estimate of drug-likeness (QED) is 0.813. The zero-order valence-corrected chi connectivity index (χ0v) is 10.5. The monoisotopic (exact) mass is 253 g/mol. The van der Waals surface area contributed by atoms with E-state index in [2.05, 4.69) is 5.32 Å². The number of rotatable bonds is 5. The van der Waals surface area contributed by atoms with Crippen molar-refractivity contribution in [2.75, 3.05) is 26.1 Å². The third-order valence-electron chi connectivity index (χ3n) is 2.15. The van der Waals surface area contributed by atoms with E-state index >= 15 is 0 Å². The second kappa shape index (κ2) is 6.48. The molecule has 1 aromatic carbocycles. The first-order chi connectivity index (χ1) is 8.65. The van der Waals surface area contributed by atoms with E-state index in [1.165, 1.54) is 26.4 Å². The van der Waals surface area contributed by atoms with Gasteiger partial charge in [-0.15, -0.1) is 0 Å². The van der Waals surface area contributed by atoms with Crippen LogP contribution in [0.25, 0.3) is 0 Å². The van der Waals surface area contributed by atoms with E-state index in [9.17, 15) is 9.59 Å². The Morgan fingerprint density at radius 2 is 2.06 bits per heavy atom. The van der Waals surface area contributed by atoms with E-state index in [1.54, 1.807) is 6.92 Å². The lowest BCUT2D eigenvalue weighted by atomic mass is 10.2. The molecule has 0 heterocycles. The molecule has 0 saturated carbocycles. The largest absolute Gasteiger partial charge is 0.493 e. The molecule has 6 heteroatoms. The Kier molecular flexibility index (Phi) is 4.98. The maximum absolute atomic E-state index is 11.4. The molecule has 98 valence electrons. The summed E-state index contributed by atoms with van der Waals surface area (Å²) in [5.74, 6) is 0.685. The Bertz CT molecular complexity index is 444. The molecule has 1 amide bonds. The summed E-state index contributed by atoms with van der Waals surface area (Å²) >= 11 is 0. The van der Waals surface area contributed by atoms with Gasteiger partial charge in [0.05, 0.1) is 26.5 Å². The number of anilines is 1. The second-order valence-electron chi connectivity index (χ2n) is 3.27. The molecule has 1 rings (SSSR count). The van der Waals surface area contributed by atoms with Gasteiger partial charge in [-0.1, -0.05) is 0 Å². The van der Waals surface area contributed by atoms with Gasteiger partial charge in [-0.25, -0.2) is 4.79 Å². The summed E-state index contributed by atoms with van der Waals surface area (Å²) in [7, 11) is 2.88. The summed E-state index contributed by atoms with van der Waals surface area (Å²) < 4.78 is 15.0. The smallest absolute Gasteiger partial charge is 0.411 e. The standard InChI is InChI=1S/C12H15NO5/c1-4-18-12(15)13-9-5-8(7-14)6-10(16-2)11(9)17-3/h5-7H,4H2,1-3H3,(H,13,15). The first kappa shape index (κ1) is 13.8. The number of amides is 1. The van der Waals surface area contributed by atoms with Gasteiger partial charge in [0.2, 0.25) is 0 Å². The predicted molar refractivity (Wildman–Crippen MR) is 65.6 cm³/mol. The van der Waals surface area contributed by atoms with E-state index in [-0.39, 0.29) is 6.61 Å². The highest BCUT2D eigenvalue weighted by Crippen LogP contribution is 2.36. The first-order valence-electron chi connectivity index (χ1n) is 5.31. The molecule has 6 nitrogen and oxygen atoms in total. The van der Waals surface area contributed by atoms with E-state index in [4.69, 9.17) is 14.2 Å². The van der Waals surface area contributed by atoms with Crippen molar-refractivity contribution in [2.45, 2.75) is 6.92 Å². The molecule has 0 fully saturated rings. The number of nitrogens with one attached hydrogen (secondary N) is 1. The zero-order chi connectivity index (χ0) is 13.5. The molecule has 0 bridgehead atoms. The molecule has 0 saturated heterocycles. The van der Waals surface area contributed by atoms with Crippen LogP contribution >= 0.6 is 0 Å². The number of ether oxygens (including phenoxy) is 3. The first-order valence-corrected chi connectivity index (χ1v) is 5.31. The summed E-state index contributed by atoms with van der Waals surface area (Å²) in [5.41, 5.74) is 0.678. The molecular formula is C12H15NO5. The fourth-order valence-electron chi connectivity index (χ4n) is 1.42. The van der Waals surface area contributed by atoms with Crippen molar-refractivity contribution < 1.29 is 23.8 Å². The highest BCUT2D eigenvalue weighted by atomic mass is 16.5. The van der Waals surface area contributed by atoms with E-state index in [0.29, 0.717) is 29.0 Å². The summed E-state index contributed by atoms with van der Waals surface area (Å²) in [6, 6.07) is 2.99. The third kappa shape index (κ3) is 3.13. The van der Waals surface area contributed by atoms with Gasteiger partial charge in [0.25, 0.3) is 0 Å². The molecule has 0 radical (unpaired) electrons. The molecule has 0 spiro atoms. The van der Waals surface area contributed by atoms with Gasteiger partial charge >= 0.3 is 6.09 Å². The van der Waals surface area contributed by atoms with Gasteiger partial charge in [-0.3, -0.25) is 10.1 Å². The van der Waals surface area contributed by atoms with Crippen molar-refractivity contribution in [1.82, 2.24) is 0 Å². The van der Waals surface area contributed by atoms with E-state index in [0.717, 1.165) is 0 Å². The molecule has 0 atom stereocenters. The zero-order valence-electron chi connectivity index (χ0n) is 10.5. The molecule has 0 unspecified atom stereocenters. The van der Waals surface area contributed by atoms with Crippen molar-refractivity contribution >= 4 is 18.1 Å². The molecule has 18 heavy (non-hydrogen) atoms. The summed E-state index contributed by atoms with van der Waals surface area (Å²) in [6.45, 7) is 1.94. The fourth-order valence-corrected chi connectivity index (χ4v) is 1.42. The maximum atomic E-state index is 11.4. The van der Waals surface area contributed by atoms with Crippen molar-refractivity contribution in [3.05, 3.63) is 17.7 Å². The molecule has 0 aliphatic rings. The molecule has 0 aliphatic heterocycles. The van der Waals surface area contributed by atoms with E-state index in [1.807, 2.05) is 0 Å². The van der Waals surface area contributed by atoms with Crippen LogP contribution in [0.2, 0.25) is 0 Å². The SMILES string of the molecule is CCOC(=O)Nc1cc(C=O)cc(OC)c1OC. The minimum atomic E-state index is -0.624. The number of hydrogen-bond acceptors (Lipinski definition) is 5. The van der Waals surface area contributed by atoms with Gasteiger partial charge in [0.1, 0.15) is 6.29 Å². The predicted octanol–water partition coefficient (Wildman–Crippen LogP) is 2.08. The Labute approximate surface area is 105 Å². The van der Waals surface area contributed by atoms with Gasteiger partial charge < -0.3 is 14.2 Å². The lowest BCUT2D eigenvalue weighted by Gasteiger charge is -2.14. The van der Waals surface area contributed by atoms with Crippen LogP contribution in [0.1, 0.15) is 17.3 Å². The van der Waals surface area contributed by atoms with Crippen molar-refractivity contribution in [3.63, 3.8) is 0 Å². The Hall–Kier alpha value is -2.24. The topological polar surface area (TPSA) is 73.9 Å². The van der Waals surface area contributed by atoms with Crippen LogP contribution in [-0.4, -0.2) is 33.2 Å². The number of carbonyl (C=O) groups is 2. The van der Waals surface area contributed by atoms with Crippen molar-refractivity contribution in [2.24, 2.45) is 0 Å². The number of methoxy groups -OCH3 is 2. The van der Waals surface area contributed by atoms with Crippen LogP contribution in [0.15, 0.2) is 12.1 Å². The van der Waals surface area contributed by atoms with Crippen molar-refractivity contribution in [1.29, 1.82) is 0 Å². The Balaban J connectivity index is 3.14. The van der Waals surface area contributed by atoms with Crippen LogP contribution in [-0.2, 0) is 4.74 Å². The summed E-state index contributed by atoms with van der Waals surface area (Å²) in [4.78, 5) is 22.2. The molecule has 1 N–H and O–H groups in total. The second-order valence-corrected chi connectivity index (χ2v) is 3.27. The number of aldehydes is 1. The molecule has 1 aromatic rings. The van der Waals surface area contributed by atoms with Crippen LogP contribution in [0.5, 0.6) is 11.5 Å². The Morgan fingerprint density at radius 1 is 1.33 bits per heavy atom. The number of benzene rings is 1. The van der Waals surface area contributed by atoms with Crippen LogP contribution in [0.4, 0.5) is 10.5 Å². The van der Waals surface area contributed by atoms with Gasteiger partial charge in [-0.05, 0) is 19.1 Å². The average Bonchev–Trinajstić information content (AvgIpc) is 2.37. The van der Waals surface area contributed by atoms with Gasteiger partial charge in [0, 0.05) is 5.56 Å². The Morgan fingerprint density at radius 3 is 2.56 bits per heavy atom. The highest BCUT2D eigenvalue weighted by molar-refractivity contribution is 5.90. The van der Waals surface area contributed by atoms with Crippen LogP contribution in [0, 0.1) is 0 Å². The lowest BCUT2D eigenvalue weighted by Crippen LogP contribution is -2.14. The summed E-state index contributed by atoms with van der Waals surface area (Å²) in [6.07, 6.45) is 0.0269. The normalized spacial score (nSPS) is 9.50. The molecular weight excluding hydrogens is 238 g/mol. The average molecular weight is 253 g/mol. The number of hydrogen-bond donors (Lipinski definition) is 1. The van der Waals surface area contributed by atoms with Crippen LogP contribution < -0.4 is 14.8 Å². The highest BCUT2D eigenvalue weighted by Gasteiger charge is 2.14. The minimum Gasteiger partial charge on any atom is -0.493 e. The maximum Gasteiger partial charge on any atom is 0.411 e. The minimum absolute atomic E-state index is 0.249. The lowest BCUT2D eigenvalue weighted by molar-refractivity contribution is 0.112. The fraction of sp³-hybridized carbons (Fsp3) is 0.333. The molecule has 0 aliphatic carbocycles. The van der Waals surface area contributed by atoms with Gasteiger partial charge in [0.15, 0.2) is 11.5 Å². The number of carbonyl (C=O) groups excluding carboxylic acids is 2.